The molecular formula is C14H14Br2N4O. The van der Waals surface area contributed by atoms with Crippen molar-refractivity contribution in [1.82, 2.24) is 15.3 Å². The van der Waals surface area contributed by atoms with E-state index in [1.165, 1.54) is 0 Å². The average Bonchev–Trinajstić information content (AvgIpc) is 2.89. The summed E-state index contributed by atoms with van der Waals surface area (Å²) in [5, 5.41) is 6.18. The number of fused-ring (bicyclic) bond motifs is 1. The summed E-state index contributed by atoms with van der Waals surface area (Å²) in [6, 6.07) is 3.67. The van der Waals surface area contributed by atoms with E-state index in [0.717, 1.165) is 31.6 Å². The molecule has 1 aliphatic rings. The number of amides is 1. The molecule has 1 atom stereocenters. The fraction of sp³-hybridized carbons (Fsp3) is 0.286. The molecule has 5 nitrogen and oxygen atoms in total. The molecule has 2 heterocycles. The number of anilines is 1. The first-order valence-electron chi connectivity index (χ1n) is 6.55. The number of benzene rings is 1. The van der Waals surface area contributed by atoms with Crippen LogP contribution in [0.15, 0.2) is 27.4 Å². The van der Waals surface area contributed by atoms with Gasteiger partial charge in [-0.3, -0.25) is 10.1 Å². The van der Waals surface area contributed by atoms with Crippen molar-refractivity contribution < 1.29 is 4.79 Å². The van der Waals surface area contributed by atoms with E-state index in [-0.39, 0.29) is 11.9 Å². The fourth-order valence-corrected chi connectivity index (χ4v) is 4.00. The normalized spacial score (nSPS) is 17.4. The van der Waals surface area contributed by atoms with E-state index in [1.54, 1.807) is 6.33 Å². The number of H-pyrrole nitrogens is 1. The third-order valence-electron chi connectivity index (χ3n) is 3.48. The Morgan fingerprint density at radius 2 is 2.10 bits per heavy atom. The van der Waals surface area contributed by atoms with E-state index in [2.05, 4.69) is 52.5 Å². The second-order valence-electron chi connectivity index (χ2n) is 5.06. The van der Waals surface area contributed by atoms with Crippen LogP contribution in [-0.4, -0.2) is 21.9 Å². The third-order valence-corrected chi connectivity index (χ3v) is 4.73. The Bertz CT molecular complexity index is 675. The number of nitrogens with zero attached hydrogens (tertiary/aromatic N) is 1. The van der Waals surface area contributed by atoms with Crippen molar-refractivity contribution in [3.05, 3.63) is 44.4 Å². The van der Waals surface area contributed by atoms with Gasteiger partial charge >= 0.3 is 0 Å². The number of halogens is 2. The number of aromatic nitrogens is 2. The summed E-state index contributed by atoms with van der Waals surface area (Å²) in [5.41, 5.74) is 3.87. The van der Waals surface area contributed by atoms with Crippen LogP contribution in [-0.2, 0) is 17.8 Å². The quantitative estimate of drug-likeness (QED) is 0.708. The van der Waals surface area contributed by atoms with Crippen LogP contribution in [0.5, 0.6) is 0 Å². The Hall–Kier alpha value is -1.18. The van der Waals surface area contributed by atoms with Crippen molar-refractivity contribution >= 4 is 43.5 Å². The van der Waals surface area contributed by atoms with Crippen molar-refractivity contribution in [2.75, 3.05) is 5.32 Å². The molecule has 1 unspecified atom stereocenters. The number of hydrogen-bond acceptors (Lipinski definition) is 3. The summed E-state index contributed by atoms with van der Waals surface area (Å²) in [5.74, 6) is -0.0612. The zero-order chi connectivity index (χ0) is 15.0. The molecule has 7 heteroatoms. The van der Waals surface area contributed by atoms with E-state index in [0.29, 0.717) is 13.0 Å². The molecule has 110 valence electrons. The van der Waals surface area contributed by atoms with Gasteiger partial charge in [-0.15, -0.1) is 0 Å². The molecule has 0 saturated carbocycles. The molecule has 0 spiro atoms. The molecular weight excluding hydrogens is 400 g/mol. The van der Waals surface area contributed by atoms with E-state index in [1.807, 2.05) is 19.1 Å². The zero-order valence-corrected chi connectivity index (χ0v) is 14.5. The third kappa shape index (κ3) is 3.04. The topological polar surface area (TPSA) is 69.8 Å². The summed E-state index contributed by atoms with van der Waals surface area (Å²) in [6.07, 6.45) is 2.26. The highest BCUT2D eigenvalue weighted by Crippen LogP contribution is 2.32. The van der Waals surface area contributed by atoms with Crippen LogP contribution in [0, 0.1) is 6.92 Å². The zero-order valence-electron chi connectivity index (χ0n) is 11.3. The van der Waals surface area contributed by atoms with Crippen LogP contribution >= 0.6 is 31.9 Å². The molecule has 0 fully saturated rings. The molecule has 0 saturated heterocycles. The molecule has 3 rings (SSSR count). The summed E-state index contributed by atoms with van der Waals surface area (Å²) < 4.78 is 1.72. The van der Waals surface area contributed by atoms with Gasteiger partial charge in [-0.2, -0.15) is 0 Å². The number of rotatable bonds is 2. The van der Waals surface area contributed by atoms with Crippen molar-refractivity contribution in [3.63, 3.8) is 0 Å². The first-order chi connectivity index (χ1) is 10.0. The highest BCUT2D eigenvalue weighted by atomic mass is 79.9. The number of imidazole rings is 1. The van der Waals surface area contributed by atoms with Crippen LogP contribution in [0.1, 0.15) is 17.0 Å². The summed E-state index contributed by atoms with van der Waals surface area (Å²) in [4.78, 5) is 19.8. The first-order valence-corrected chi connectivity index (χ1v) is 8.14. The maximum atomic E-state index is 12.4. The molecule has 1 aromatic heterocycles. The second-order valence-corrected chi connectivity index (χ2v) is 6.77. The van der Waals surface area contributed by atoms with Crippen LogP contribution < -0.4 is 10.6 Å². The van der Waals surface area contributed by atoms with E-state index in [4.69, 9.17) is 0 Å². The van der Waals surface area contributed by atoms with Crippen molar-refractivity contribution in [2.24, 2.45) is 0 Å². The molecule has 3 N–H and O–H groups in total. The Morgan fingerprint density at radius 3 is 2.81 bits per heavy atom. The molecule has 21 heavy (non-hydrogen) atoms. The summed E-state index contributed by atoms with van der Waals surface area (Å²) >= 11 is 6.98. The lowest BCUT2D eigenvalue weighted by Gasteiger charge is -2.23. The molecule has 2 aromatic rings. The van der Waals surface area contributed by atoms with Crippen LogP contribution in [0.25, 0.3) is 0 Å². The van der Waals surface area contributed by atoms with Gasteiger partial charge < -0.3 is 10.3 Å². The van der Waals surface area contributed by atoms with Gasteiger partial charge in [0.15, 0.2) is 0 Å². The van der Waals surface area contributed by atoms with Gasteiger partial charge in [0.05, 0.1) is 29.4 Å². The van der Waals surface area contributed by atoms with Gasteiger partial charge in [0.2, 0.25) is 5.91 Å². The van der Waals surface area contributed by atoms with Gasteiger partial charge in [-0.05, 0) is 56.5 Å². The molecule has 1 amide bonds. The fourth-order valence-electron chi connectivity index (χ4n) is 2.38. The van der Waals surface area contributed by atoms with E-state index >= 15 is 0 Å². The van der Waals surface area contributed by atoms with Gasteiger partial charge in [0.25, 0.3) is 0 Å². The lowest BCUT2D eigenvalue weighted by molar-refractivity contribution is -0.118. The number of aromatic amines is 1. The number of aryl methyl sites for hydroxylation is 1. The van der Waals surface area contributed by atoms with E-state index in [9.17, 15) is 4.79 Å². The van der Waals surface area contributed by atoms with Crippen molar-refractivity contribution in [1.29, 1.82) is 0 Å². The minimum absolute atomic E-state index is 0.0612. The number of hydrogen-bond donors (Lipinski definition) is 3. The smallest absolute Gasteiger partial charge is 0.241 e. The molecule has 0 bridgehead atoms. The summed E-state index contributed by atoms with van der Waals surface area (Å²) in [7, 11) is 0. The molecule has 0 aliphatic carbocycles. The van der Waals surface area contributed by atoms with Gasteiger partial charge in [0.1, 0.15) is 0 Å². The van der Waals surface area contributed by atoms with Crippen LogP contribution in [0.2, 0.25) is 0 Å². The van der Waals surface area contributed by atoms with Gasteiger partial charge in [-0.25, -0.2) is 4.98 Å². The van der Waals surface area contributed by atoms with E-state index < -0.39 is 0 Å². The lowest BCUT2D eigenvalue weighted by Crippen LogP contribution is -2.44. The maximum Gasteiger partial charge on any atom is 0.241 e. The second kappa shape index (κ2) is 5.90. The maximum absolute atomic E-state index is 12.4. The van der Waals surface area contributed by atoms with Crippen LogP contribution in [0.3, 0.4) is 0 Å². The predicted octanol–water partition coefficient (Wildman–Crippen LogP) is 2.90. The highest BCUT2D eigenvalue weighted by Gasteiger charge is 2.26. The van der Waals surface area contributed by atoms with Crippen LogP contribution in [0.4, 0.5) is 5.69 Å². The number of carbonyl (C=O) groups is 1. The Kier molecular flexibility index (Phi) is 4.14. The largest absolute Gasteiger partial charge is 0.347 e. The molecule has 0 radical (unpaired) electrons. The Labute approximate surface area is 139 Å². The van der Waals surface area contributed by atoms with Crippen molar-refractivity contribution in [2.45, 2.75) is 25.9 Å². The first kappa shape index (κ1) is 14.7. The average molecular weight is 414 g/mol. The highest BCUT2D eigenvalue weighted by molar-refractivity contribution is 9.11. The van der Waals surface area contributed by atoms with Gasteiger partial charge in [-0.1, -0.05) is 0 Å². The standard InChI is InChI=1S/C14H14Br2N4O/c1-7-2-8(15)13(9(16)3-7)20-14(21)11-4-10-12(5-17-11)19-6-18-10/h2-3,6,11,17H,4-5H2,1H3,(H,18,19)(H,20,21). The Morgan fingerprint density at radius 1 is 1.38 bits per heavy atom. The summed E-state index contributed by atoms with van der Waals surface area (Å²) in [6.45, 7) is 2.63. The van der Waals surface area contributed by atoms with Crippen molar-refractivity contribution in [3.8, 4) is 0 Å². The molecule has 1 aliphatic heterocycles. The van der Waals surface area contributed by atoms with Gasteiger partial charge in [0, 0.05) is 21.9 Å². The number of nitrogens with one attached hydrogen (secondary N) is 3. The predicted molar refractivity (Wildman–Crippen MR) is 88.1 cm³/mol. The SMILES string of the molecule is Cc1cc(Br)c(NC(=O)C2Cc3nc[nH]c3CN2)c(Br)c1. The minimum atomic E-state index is -0.277. The lowest BCUT2D eigenvalue weighted by atomic mass is 10.0. The number of carbonyl (C=O) groups excluding carboxylic acids is 1. The monoisotopic (exact) mass is 412 g/mol. The minimum Gasteiger partial charge on any atom is -0.347 e. The Balaban J connectivity index is 1.76. The molecule has 1 aromatic carbocycles.